The molecule has 0 aliphatic carbocycles. The van der Waals surface area contributed by atoms with E-state index in [4.69, 9.17) is 0 Å². The second kappa shape index (κ2) is 15.6. The molecule has 0 saturated heterocycles. The molecule has 0 aromatic heterocycles. The Bertz CT molecular complexity index is 313. The fourth-order valence-electron chi connectivity index (χ4n) is 3.81. The highest BCUT2D eigenvalue weighted by molar-refractivity contribution is 4.95. The van der Waals surface area contributed by atoms with E-state index in [1.807, 2.05) is 0 Å². The molecular weight excluding hydrogens is 304 g/mol. The van der Waals surface area contributed by atoms with Crippen LogP contribution in [0.2, 0.25) is 0 Å². The van der Waals surface area contributed by atoms with Gasteiger partial charge in [0.1, 0.15) is 0 Å². The molecule has 0 fully saturated rings. The van der Waals surface area contributed by atoms with Crippen LogP contribution in [0.15, 0.2) is 12.4 Å². The van der Waals surface area contributed by atoms with Crippen molar-refractivity contribution < 1.29 is 0 Å². The van der Waals surface area contributed by atoms with Crippen LogP contribution in [-0.2, 0) is 0 Å². The van der Waals surface area contributed by atoms with Crippen molar-refractivity contribution in [3.8, 4) is 0 Å². The Hall–Kier alpha value is -0.660. The van der Waals surface area contributed by atoms with E-state index < -0.39 is 0 Å². The van der Waals surface area contributed by atoms with Crippen LogP contribution in [0.25, 0.3) is 0 Å². The summed E-state index contributed by atoms with van der Waals surface area (Å²) in [5.41, 5.74) is 0. The molecule has 0 N–H and O–H groups in total. The van der Waals surface area contributed by atoms with Crippen molar-refractivity contribution >= 4 is 0 Å². The molecule has 1 unspecified atom stereocenters. The third kappa shape index (κ3) is 10.8. The van der Waals surface area contributed by atoms with Crippen LogP contribution in [0, 0.1) is 0 Å². The van der Waals surface area contributed by atoms with Crippen LogP contribution in [0.4, 0.5) is 0 Å². The van der Waals surface area contributed by atoms with Gasteiger partial charge >= 0.3 is 0 Å². The standard InChI is InChI=1S/C23H46N2/c1-4-6-8-9-10-11-12-13-14-15-16-18-20-25-22-21-24(23(25)3)19-17-7-5-2/h21-23H,4-20H2,1-3H3. The zero-order valence-electron chi connectivity index (χ0n) is 17.6. The van der Waals surface area contributed by atoms with Gasteiger partial charge in [0.2, 0.25) is 0 Å². The molecule has 0 spiro atoms. The van der Waals surface area contributed by atoms with Crippen molar-refractivity contribution in [2.24, 2.45) is 0 Å². The van der Waals surface area contributed by atoms with E-state index in [1.165, 1.54) is 109 Å². The smallest absolute Gasteiger partial charge is 0.0977 e. The number of nitrogens with zero attached hydrogens (tertiary/aromatic N) is 2. The predicted molar refractivity (Wildman–Crippen MR) is 113 cm³/mol. The summed E-state index contributed by atoms with van der Waals surface area (Å²) >= 11 is 0. The molecule has 2 nitrogen and oxygen atoms in total. The van der Waals surface area contributed by atoms with E-state index in [9.17, 15) is 0 Å². The fraction of sp³-hybridized carbons (Fsp3) is 0.913. The van der Waals surface area contributed by atoms with Gasteiger partial charge in [-0.1, -0.05) is 97.3 Å². The minimum absolute atomic E-state index is 0.574. The third-order valence-electron chi connectivity index (χ3n) is 5.70. The van der Waals surface area contributed by atoms with E-state index in [0.29, 0.717) is 6.17 Å². The summed E-state index contributed by atoms with van der Waals surface area (Å²) in [7, 11) is 0. The van der Waals surface area contributed by atoms with Crippen molar-refractivity contribution in [2.75, 3.05) is 13.1 Å². The summed E-state index contributed by atoms with van der Waals surface area (Å²) in [6, 6.07) is 0. The first kappa shape index (κ1) is 22.4. The Morgan fingerprint density at radius 1 is 0.520 bits per heavy atom. The molecule has 1 rings (SSSR count). The van der Waals surface area contributed by atoms with Crippen LogP contribution < -0.4 is 0 Å². The first-order valence-corrected chi connectivity index (χ1v) is 11.5. The van der Waals surface area contributed by atoms with Gasteiger partial charge in [-0.25, -0.2) is 0 Å². The molecule has 1 aliphatic heterocycles. The molecule has 148 valence electrons. The average molecular weight is 351 g/mol. The summed E-state index contributed by atoms with van der Waals surface area (Å²) in [5, 5.41) is 0. The summed E-state index contributed by atoms with van der Waals surface area (Å²) < 4.78 is 0. The van der Waals surface area contributed by atoms with Crippen molar-refractivity contribution in [1.82, 2.24) is 9.80 Å². The second-order valence-corrected chi connectivity index (χ2v) is 8.00. The maximum absolute atomic E-state index is 2.53. The van der Waals surface area contributed by atoms with Gasteiger partial charge in [0.05, 0.1) is 6.17 Å². The van der Waals surface area contributed by atoms with Crippen molar-refractivity contribution in [3.05, 3.63) is 12.4 Å². The van der Waals surface area contributed by atoms with Crippen molar-refractivity contribution in [2.45, 2.75) is 123 Å². The molecule has 1 aliphatic rings. The topological polar surface area (TPSA) is 6.48 Å². The van der Waals surface area contributed by atoms with Crippen LogP contribution in [0.3, 0.4) is 0 Å². The molecule has 1 atom stereocenters. The molecule has 0 aromatic carbocycles. The Morgan fingerprint density at radius 2 is 0.840 bits per heavy atom. The largest absolute Gasteiger partial charge is 0.356 e. The van der Waals surface area contributed by atoms with Crippen LogP contribution in [0.5, 0.6) is 0 Å². The summed E-state index contributed by atoms with van der Waals surface area (Å²) in [6.45, 7) is 9.39. The van der Waals surface area contributed by atoms with Gasteiger partial charge in [-0.05, 0) is 19.8 Å². The summed E-state index contributed by atoms with van der Waals surface area (Å²) in [5.74, 6) is 0. The Morgan fingerprint density at radius 3 is 1.28 bits per heavy atom. The molecule has 25 heavy (non-hydrogen) atoms. The lowest BCUT2D eigenvalue weighted by molar-refractivity contribution is 0.165. The zero-order chi connectivity index (χ0) is 18.2. The maximum atomic E-state index is 2.53. The lowest BCUT2D eigenvalue weighted by atomic mass is 10.1. The highest BCUT2D eigenvalue weighted by Gasteiger charge is 2.20. The summed E-state index contributed by atoms with van der Waals surface area (Å²) in [6.07, 6.45) is 26.4. The monoisotopic (exact) mass is 350 g/mol. The average Bonchev–Trinajstić information content (AvgIpc) is 2.96. The number of unbranched alkanes of at least 4 members (excludes halogenated alkanes) is 13. The van der Waals surface area contributed by atoms with Crippen LogP contribution in [-0.4, -0.2) is 29.1 Å². The lowest BCUT2D eigenvalue weighted by Crippen LogP contribution is -2.36. The Labute approximate surface area is 159 Å². The van der Waals surface area contributed by atoms with E-state index in [-0.39, 0.29) is 0 Å². The first-order valence-electron chi connectivity index (χ1n) is 11.5. The molecule has 0 aromatic rings. The Kier molecular flexibility index (Phi) is 14.0. The van der Waals surface area contributed by atoms with Gasteiger partial charge in [-0.15, -0.1) is 0 Å². The predicted octanol–water partition coefficient (Wildman–Crippen LogP) is 7.31. The van der Waals surface area contributed by atoms with E-state index >= 15 is 0 Å². The van der Waals surface area contributed by atoms with Gasteiger partial charge in [0.15, 0.2) is 0 Å². The van der Waals surface area contributed by atoms with E-state index in [0.717, 1.165) is 0 Å². The number of rotatable bonds is 17. The molecule has 1 heterocycles. The van der Waals surface area contributed by atoms with Crippen LogP contribution >= 0.6 is 0 Å². The molecule has 2 heteroatoms. The highest BCUT2D eigenvalue weighted by Crippen LogP contribution is 2.18. The minimum atomic E-state index is 0.574. The Balaban J connectivity index is 1.88. The van der Waals surface area contributed by atoms with E-state index in [1.54, 1.807) is 0 Å². The number of hydrogen-bond acceptors (Lipinski definition) is 2. The quantitative estimate of drug-likeness (QED) is 0.254. The second-order valence-electron chi connectivity index (χ2n) is 8.00. The fourth-order valence-corrected chi connectivity index (χ4v) is 3.81. The van der Waals surface area contributed by atoms with Gasteiger partial charge in [-0.3, -0.25) is 0 Å². The SMILES string of the molecule is CCCCCCCCCCCCCCN1C=CN(CCCCC)C1C. The van der Waals surface area contributed by atoms with Gasteiger partial charge in [0, 0.05) is 25.5 Å². The van der Waals surface area contributed by atoms with Crippen LogP contribution in [0.1, 0.15) is 117 Å². The zero-order valence-corrected chi connectivity index (χ0v) is 17.6. The molecule has 0 radical (unpaired) electrons. The molecule has 0 amide bonds. The maximum Gasteiger partial charge on any atom is 0.0977 e. The lowest BCUT2D eigenvalue weighted by Gasteiger charge is -2.29. The van der Waals surface area contributed by atoms with Gasteiger partial charge in [0.25, 0.3) is 0 Å². The molecular formula is C23H46N2. The minimum Gasteiger partial charge on any atom is -0.356 e. The third-order valence-corrected chi connectivity index (χ3v) is 5.70. The first-order chi connectivity index (χ1) is 12.3. The van der Waals surface area contributed by atoms with Gasteiger partial charge in [-0.2, -0.15) is 0 Å². The molecule has 0 bridgehead atoms. The highest BCUT2D eigenvalue weighted by atomic mass is 15.4. The van der Waals surface area contributed by atoms with Crippen molar-refractivity contribution in [3.63, 3.8) is 0 Å². The van der Waals surface area contributed by atoms with E-state index in [2.05, 4.69) is 43.0 Å². The normalized spacial score (nSPS) is 17.0. The number of hydrogen-bond donors (Lipinski definition) is 0. The van der Waals surface area contributed by atoms with Gasteiger partial charge < -0.3 is 9.80 Å². The molecule has 0 saturated carbocycles. The van der Waals surface area contributed by atoms with Crippen molar-refractivity contribution in [1.29, 1.82) is 0 Å². The summed E-state index contributed by atoms with van der Waals surface area (Å²) in [4.78, 5) is 5.04.